The third-order valence-electron chi connectivity index (χ3n) is 3.98. The number of hydrogen-bond donors (Lipinski definition) is 0. The maximum absolute atomic E-state index is 12.8. The molecule has 6 nitrogen and oxygen atoms in total. The molecule has 0 aliphatic carbocycles. The number of aromatic nitrogens is 2. The van der Waals surface area contributed by atoms with Gasteiger partial charge in [0, 0.05) is 30.3 Å². The predicted octanol–water partition coefficient (Wildman–Crippen LogP) is 2.97. The molecule has 2 aromatic rings. The Hall–Kier alpha value is -2.34. The zero-order valence-electron chi connectivity index (χ0n) is 14.2. The van der Waals surface area contributed by atoms with E-state index >= 15 is 0 Å². The Morgan fingerprint density at radius 3 is 2.72 bits per heavy atom. The Labute approximate surface area is 151 Å². The van der Waals surface area contributed by atoms with Crippen LogP contribution in [0.15, 0.2) is 42.9 Å². The molecule has 1 aromatic carbocycles. The maximum Gasteiger partial charge on any atom is 0.266 e. The smallest absolute Gasteiger partial charge is 0.266 e. The second-order valence-electron chi connectivity index (χ2n) is 6.39. The summed E-state index contributed by atoms with van der Waals surface area (Å²) in [7, 11) is 0. The standard InChI is InChI=1S/C18H20ClN3O3/c1-18(2,25-14-5-3-13(19)4-6-14)17(23)22-10-8-15(11-22)24-16-7-9-20-12-21-16/h3-7,9,12,15H,8,10-11H2,1-2H3/t15-/m1/s1. The van der Waals surface area contributed by atoms with Crippen molar-refractivity contribution in [2.45, 2.75) is 32.0 Å². The van der Waals surface area contributed by atoms with Crippen LogP contribution in [0.1, 0.15) is 20.3 Å². The molecular weight excluding hydrogens is 342 g/mol. The molecule has 0 bridgehead atoms. The van der Waals surface area contributed by atoms with Crippen molar-refractivity contribution in [2.75, 3.05) is 13.1 Å². The van der Waals surface area contributed by atoms with Crippen LogP contribution in [0.2, 0.25) is 5.02 Å². The number of hydrogen-bond acceptors (Lipinski definition) is 5. The van der Waals surface area contributed by atoms with E-state index in [1.807, 2.05) is 0 Å². The molecule has 0 N–H and O–H groups in total. The van der Waals surface area contributed by atoms with Gasteiger partial charge in [-0.15, -0.1) is 0 Å². The molecule has 0 saturated carbocycles. The summed E-state index contributed by atoms with van der Waals surface area (Å²) in [6.45, 7) is 4.67. The van der Waals surface area contributed by atoms with Crippen LogP contribution in [0, 0.1) is 0 Å². The van der Waals surface area contributed by atoms with Gasteiger partial charge in [0.25, 0.3) is 5.91 Å². The van der Waals surface area contributed by atoms with E-state index in [0.29, 0.717) is 29.7 Å². The minimum absolute atomic E-state index is 0.0729. The topological polar surface area (TPSA) is 64.5 Å². The second kappa shape index (κ2) is 7.27. The fourth-order valence-electron chi connectivity index (χ4n) is 2.75. The highest BCUT2D eigenvalue weighted by Crippen LogP contribution is 2.24. The molecule has 1 fully saturated rings. The minimum atomic E-state index is -0.975. The molecule has 7 heteroatoms. The van der Waals surface area contributed by atoms with E-state index in [0.717, 1.165) is 6.42 Å². The van der Waals surface area contributed by atoms with Crippen molar-refractivity contribution >= 4 is 17.5 Å². The summed E-state index contributed by atoms with van der Waals surface area (Å²) in [5.74, 6) is 1.05. The van der Waals surface area contributed by atoms with Gasteiger partial charge in [-0.3, -0.25) is 4.79 Å². The highest BCUT2D eigenvalue weighted by molar-refractivity contribution is 6.30. The van der Waals surface area contributed by atoms with Crippen LogP contribution in [0.25, 0.3) is 0 Å². The van der Waals surface area contributed by atoms with Crippen LogP contribution in [0.5, 0.6) is 11.6 Å². The Bertz CT molecular complexity index is 722. The Kier molecular flexibility index (Phi) is 5.08. The third kappa shape index (κ3) is 4.39. The van der Waals surface area contributed by atoms with Gasteiger partial charge in [0.05, 0.1) is 6.54 Å². The molecule has 1 aliphatic rings. The molecule has 132 valence electrons. The zero-order valence-corrected chi connectivity index (χ0v) is 14.9. The number of ether oxygens (including phenoxy) is 2. The van der Waals surface area contributed by atoms with Gasteiger partial charge >= 0.3 is 0 Å². The number of benzene rings is 1. The number of likely N-dealkylation sites (tertiary alicyclic amines) is 1. The Morgan fingerprint density at radius 1 is 1.28 bits per heavy atom. The first-order chi connectivity index (χ1) is 11.9. The van der Waals surface area contributed by atoms with Crippen LogP contribution in [0.4, 0.5) is 0 Å². The quantitative estimate of drug-likeness (QED) is 0.819. The van der Waals surface area contributed by atoms with Crippen molar-refractivity contribution in [3.63, 3.8) is 0 Å². The van der Waals surface area contributed by atoms with E-state index in [9.17, 15) is 4.79 Å². The highest BCUT2D eigenvalue weighted by atomic mass is 35.5. The van der Waals surface area contributed by atoms with Gasteiger partial charge in [-0.25, -0.2) is 9.97 Å². The predicted molar refractivity (Wildman–Crippen MR) is 93.8 cm³/mol. The maximum atomic E-state index is 12.8. The fraction of sp³-hybridized carbons (Fsp3) is 0.389. The number of rotatable bonds is 5. The number of halogens is 1. The van der Waals surface area contributed by atoms with E-state index in [-0.39, 0.29) is 12.0 Å². The summed E-state index contributed by atoms with van der Waals surface area (Å²) < 4.78 is 11.7. The first-order valence-electron chi connectivity index (χ1n) is 8.11. The van der Waals surface area contributed by atoms with E-state index < -0.39 is 5.60 Å². The number of carbonyl (C=O) groups is 1. The van der Waals surface area contributed by atoms with Gasteiger partial charge < -0.3 is 14.4 Å². The average Bonchev–Trinajstić information content (AvgIpc) is 3.05. The number of carbonyl (C=O) groups excluding carboxylic acids is 1. The lowest BCUT2D eigenvalue weighted by atomic mass is 10.1. The summed E-state index contributed by atoms with van der Waals surface area (Å²) >= 11 is 5.88. The van der Waals surface area contributed by atoms with Crippen molar-refractivity contribution in [1.29, 1.82) is 0 Å². The van der Waals surface area contributed by atoms with Crippen LogP contribution in [0.3, 0.4) is 0 Å². The summed E-state index contributed by atoms with van der Waals surface area (Å²) in [4.78, 5) is 22.5. The van der Waals surface area contributed by atoms with E-state index in [1.165, 1.54) is 6.33 Å². The van der Waals surface area contributed by atoms with Crippen molar-refractivity contribution in [2.24, 2.45) is 0 Å². The van der Waals surface area contributed by atoms with E-state index in [2.05, 4.69) is 9.97 Å². The molecule has 1 saturated heterocycles. The molecule has 3 rings (SSSR count). The van der Waals surface area contributed by atoms with Gasteiger partial charge in [0.1, 0.15) is 18.2 Å². The summed E-state index contributed by atoms with van der Waals surface area (Å²) in [5, 5.41) is 0.626. The van der Waals surface area contributed by atoms with Crippen LogP contribution >= 0.6 is 11.6 Å². The lowest BCUT2D eigenvalue weighted by Gasteiger charge is -2.30. The molecule has 0 unspecified atom stereocenters. The van der Waals surface area contributed by atoms with Gasteiger partial charge in [0.15, 0.2) is 5.60 Å². The highest BCUT2D eigenvalue weighted by Gasteiger charge is 2.38. The van der Waals surface area contributed by atoms with Crippen molar-refractivity contribution in [1.82, 2.24) is 14.9 Å². The first-order valence-corrected chi connectivity index (χ1v) is 8.48. The largest absolute Gasteiger partial charge is 0.478 e. The van der Waals surface area contributed by atoms with Crippen molar-refractivity contribution in [3.05, 3.63) is 47.9 Å². The van der Waals surface area contributed by atoms with Gasteiger partial charge in [-0.1, -0.05) is 11.6 Å². The van der Waals surface area contributed by atoms with E-state index in [4.69, 9.17) is 21.1 Å². The van der Waals surface area contributed by atoms with Crippen molar-refractivity contribution < 1.29 is 14.3 Å². The SMILES string of the molecule is CC(C)(Oc1ccc(Cl)cc1)C(=O)N1CC[C@@H](Oc2ccncn2)C1. The Balaban J connectivity index is 1.59. The molecular formula is C18H20ClN3O3. The fourth-order valence-corrected chi connectivity index (χ4v) is 2.88. The average molecular weight is 362 g/mol. The summed E-state index contributed by atoms with van der Waals surface area (Å²) in [6, 6.07) is 8.68. The molecule has 0 radical (unpaired) electrons. The van der Waals surface area contributed by atoms with Gasteiger partial charge in [-0.2, -0.15) is 0 Å². The molecule has 1 aliphatic heterocycles. The zero-order chi connectivity index (χ0) is 17.9. The molecule has 25 heavy (non-hydrogen) atoms. The first kappa shape index (κ1) is 17.5. The van der Waals surface area contributed by atoms with E-state index in [1.54, 1.807) is 55.3 Å². The summed E-state index contributed by atoms with van der Waals surface area (Å²) in [5.41, 5.74) is -0.975. The second-order valence-corrected chi connectivity index (χ2v) is 6.83. The minimum Gasteiger partial charge on any atom is -0.478 e. The lowest BCUT2D eigenvalue weighted by Crippen LogP contribution is -2.48. The Morgan fingerprint density at radius 2 is 2.04 bits per heavy atom. The molecule has 0 spiro atoms. The number of amides is 1. The van der Waals surface area contributed by atoms with Gasteiger partial charge in [-0.05, 0) is 38.1 Å². The lowest BCUT2D eigenvalue weighted by molar-refractivity contribution is -0.144. The third-order valence-corrected chi connectivity index (χ3v) is 4.23. The monoisotopic (exact) mass is 361 g/mol. The number of nitrogens with zero attached hydrogens (tertiary/aromatic N) is 3. The van der Waals surface area contributed by atoms with Gasteiger partial charge in [0.2, 0.25) is 5.88 Å². The van der Waals surface area contributed by atoms with Crippen LogP contribution < -0.4 is 9.47 Å². The van der Waals surface area contributed by atoms with Crippen LogP contribution in [-0.2, 0) is 4.79 Å². The molecule has 1 atom stereocenters. The summed E-state index contributed by atoms with van der Waals surface area (Å²) in [6.07, 6.45) is 3.75. The molecule has 2 heterocycles. The normalized spacial score (nSPS) is 17.4. The van der Waals surface area contributed by atoms with Crippen LogP contribution in [-0.4, -0.2) is 45.6 Å². The molecule has 1 amide bonds. The van der Waals surface area contributed by atoms with Crippen molar-refractivity contribution in [3.8, 4) is 11.6 Å². The molecule has 1 aromatic heterocycles.